The Balaban J connectivity index is 1.42. The van der Waals surface area contributed by atoms with E-state index in [1.165, 1.54) is 24.5 Å². The molecule has 1 atom stereocenters. The number of para-hydroxylation sites is 1. The van der Waals surface area contributed by atoms with Crippen molar-refractivity contribution in [3.05, 3.63) is 114 Å². The predicted octanol–water partition coefficient (Wildman–Crippen LogP) is 4.84. The van der Waals surface area contributed by atoms with Gasteiger partial charge in [-0.05, 0) is 29.8 Å². The Morgan fingerprint density at radius 1 is 0.925 bits per heavy atom. The van der Waals surface area contributed by atoms with E-state index >= 15 is 0 Å². The normalized spacial score (nSPS) is 14.7. The van der Waals surface area contributed by atoms with Gasteiger partial charge in [0.25, 0.3) is 11.9 Å². The number of hydrogen-bond donors (Lipinski definition) is 4. The summed E-state index contributed by atoms with van der Waals surface area (Å²) >= 11 is 0. The monoisotopic (exact) mass is 543 g/mol. The molecule has 2 aromatic carbocycles. The second-order valence-electron chi connectivity index (χ2n) is 8.54. The van der Waals surface area contributed by atoms with Crippen LogP contribution in [0.3, 0.4) is 0 Å². The number of halogens is 3. The molecular weight excluding hydrogens is 523 g/mol. The fourth-order valence-electron chi connectivity index (χ4n) is 4.04. The second-order valence-corrected chi connectivity index (χ2v) is 8.54. The number of nitrogens with one attached hydrogen (secondary N) is 4. The third kappa shape index (κ3) is 5.55. The Morgan fingerprint density at radius 3 is 2.35 bits per heavy atom. The van der Waals surface area contributed by atoms with Crippen molar-refractivity contribution in [1.82, 2.24) is 15.3 Å². The molecule has 3 heterocycles. The highest BCUT2D eigenvalue weighted by Gasteiger charge is 2.33. The molecule has 2 aromatic heterocycles. The van der Waals surface area contributed by atoms with Crippen LogP contribution in [0.15, 0.2) is 96.4 Å². The Hall–Kier alpha value is -5.39. The molecule has 1 aliphatic heterocycles. The molecule has 4 aromatic rings. The van der Waals surface area contributed by atoms with E-state index in [-0.39, 0.29) is 11.3 Å². The standard InChI is InChI=1S/C28H20F3N7O2/c29-28(30,31)18-14-20(16-10-12-34-13-11-16)23(35-15-18)24(32)40-27(33)38-25-26(39)36-21-9-5-4-8-19(21)22(37-25)17-6-2-1-3-7-17/h1-15,25,32H,(H2,33,38)(H,36,39). The highest BCUT2D eigenvalue weighted by atomic mass is 19.4. The quantitative estimate of drug-likeness (QED) is 0.216. The number of nitrogens with zero attached hydrogens (tertiary/aromatic N) is 3. The van der Waals surface area contributed by atoms with Crippen LogP contribution in [0.4, 0.5) is 18.9 Å². The summed E-state index contributed by atoms with van der Waals surface area (Å²) in [6, 6.07) is 19.3. The maximum atomic E-state index is 13.4. The van der Waals surface area contributed by atoms with Crippen LogP contribution in [0.25, 0.3) is 11.1 Å². The van der Waals surface area contributed by atoms with Crippen LogP contribution >= 0.6 is 0 Å². The smallest absolute Gasteiger partial charge is 0.405 e. The number of alkyl halides is 3. The number of carbonyl (C=O) groups is 1. The summed E-state index contributed by atoms with van der Waals surface area (Å²) in [5, 5.41) is 21.9. The van der Waals surface area contributed by atoms with Crippen LogP contribution in [0.1, 0.15) is 22.4 Å². The highest BCUT2D eigenvalue weighted by Crippen LogP contribution is 2.33. The van der Waals surface area contributed by atoms with Crippen molar-refractivity contribution in [2.75, 3.05) is 5.32 Å². The number of rotatable bonds is 4. The van der Waals surface area contributed by atoms with Gasteiger partial charge in [-0.1, -0.05) is 48.5 Å². The molecule has 40 heavy (non-hydrogen) atoms. The van der Waals surface area contributed by atoms with Gasteiger partial charge in [-0.3, -0.25) is 20.6 Å². The van der Waals surface area contributed by atoms with E-state index in [2.05, 4.69) is 25.6 Å². The maximum Gasteiger partial charge on any atom is 0.417 e. The molecule has 1 aliphatic rings. The van der Waals surface area contributed by atoms with Crippen molar-refractivity contribution in [1.29, 1.82) is 10.8 Å². The highest BCUT2D eigenvalue weighted by molar-refractivity contribution is 6.19. The summed E-state index contributed by atoms with van der Waals surface area (Å²) in [6.45, 7) is 0. The number of amidine groups is 1. The minimum Gasteiger partial charge on any atom is -0.405 e. The van der Waals surface area contributed by atoms with Gasteiger partial charge in [0.05, 0.1) is 17.0 Å². The lowest BCUT2D eigenvalue weighted by atomic mass is 10.0. The number of benzodiazepines with no additional fused rings is 1. The first kappa shape index (κ1) is 26.2. The van der Waals surface area contributed by atoms with Crippen LogP contribution in [-0.2, 0) is 15.7 Å². The molecule has 1 amide bonds. The van der Waals surface area contributed by atoms with Crippen molar-refractivity contribution in [3.63, 3.8) is 0 Å². The minimum atomic E-state index is -4.66. The summed E-state index contributed by atoms with van der Waals surface area (Å²) in [7, 11) is 0. The molecule has 4 N–H and O–H groups in total. The number of anilines is 1. The maximum absolute atomic E-state index is 13.4. The molecular formula is C28H20F3N7O2. The van der Waals surface area contributed by atoms with E-state index in [0.717, 1.165) is 11.6 Å². The van der Waals surface area contributed by atoms with E-state index in [0.29, 0.717) is 28.7 Å². The number of hydrogen-bond acceptors (Lipinski definition) is 7. The van der Waals surface area contributed by atoms with Crippen molar-refractivity contribution >= 4 is 29.2 Å². The Labute approximate surface area is 225 Å². The molecule has 200 valence electrons. The van der Waals surface area contributed by atoms with Gasteiger partial charge in [0.15, 0.2) is 0 Å². The van der Waals surface area contributed by atoms with E-state index in [9.17, 15) is 18.0 Å². The SMILES string of the molecule is N=C(NC1N=C(c2ccccc2)c2ccccc2NC1=O)OC(=N)c1ncc(C(F)(F)F)cc1-c1ccncc1. The van der Waals surface area contributed by atoms with Crippen LogP contribution < -0.4 is 10.6 Å². The fourth-order valence-corrected chi connectivity index (χ4v) is 4.04. The van der Waals surface area contributed by atoms with E-state index in [4.69, 9.17) is 15.6 Å². The zero-order valence-electron chi connectivity index (χ0n) is 20.5. The van der Waals surface area contributed by atoms with Gasteiger partial charge < -0.3 is 15.4 Å². The van der Waals surface area contributed by atoms with Gasteiger partial charge >= 0.3 is 6.18 Å². The molecule has 0 bridgehead atoms. The van der Waals surface area contributed by atoms with Crippen LogP contribution in [0.2, 0.25) is 0 Å². The fraction of sp³-hybridized carbons (Fsp3) is 0.0714. The van der Waals surface area contributed by atoms with Crippen LogP contribution in [-0.4, -0.2) is 39.7 Å². The first-order valence-corrected chi connectivity index (χ1v) is 11.8. The van der Waals surface area contributed by atoms with Gasteiger partial charge in [-0.25, -0.2) is 9.98 Å². The minimum absolute atomic E-state index is 0.0398. The number of pyridine rings is 2. The summed E-state index contributed by atoms with van der Waals surface area (Å²) in [4.78, 5) is 25.2. The first-order chi connectivity index (χ1) is 19.2. The third-order valence-corrected chi connectivity index (χ3v) is 5.89. The zero-order valence-corrected chi connectivity index (χ0v) is 20.5. The summed E-state index contributed by atoms with van der Waals surface area (Å²) in [5.41, 5.74) is 1.43. The second kappa shape index (κ2) is 10.8. The largest absolute Gasteiger partial charge is 0.417 e. The van der Waals surface area contributed by atoms with Crippen molar-refractivity contribution in [2.24, 2.45) is 4.99 Å². The van der Waals surface area contributed by atoms with Crippen molar-refractivity contribution < 1.29 is 22.7 Å². The zero-order chi connectivity index (χ0) is 28.3. The van der Waals surface area contributed by atoms with Crippen LogP contribution in [0, 0.1) is 10.8 Å². The summed E-state index contributed by atoms with van der Waals surface area (Å²) < 4.78 is 45.4. The molecule has 12 heteroatoms. The molecule has 0 fully saturated rings. The molecule has 0 saturated heterocycles. The molecule has 9 nitrogen and oxygen atoms in total. The molecule has 0 aliphatic carbocycles. The molecule has 1 unspecified atom stereocenters. The third-order valence-electron chi connectivity index (χ3n) is 5.89. The lowest BCUT2D eigenvalue weighted by Crippen LogP contribution is -2.43. The molecule has 0 saturated carbocycles. The van der Waals surface area contributed by atoms with Crippen LogP contribution in [0.5, 0.6) is 0 Å². The molecule has 0 spiro atoms. The van der Waals surface area contributed by atoms with Gasteiger partial charge in [0.1, 0.15) is 5.69 Å². The van der Waals surface area contributed by atoms with E-state index in [1.807, 2.05) is 30.3 Å². The van der Waals surface area contributed by atoms with E-state index < -0.39 is 35.7 Å². The van der Waals surface area contributed by atoms with E-state index in [1.54, 1.807) is 24.3 Å². The topological polar surface area (TPSA) is 136 Å². The number of fused-ring (bicyclic) bond motifs is 1. The summed E-state index contributed by atoms with van der Waals surface area (Å²) in [5.74, 6) is -1.29. The average molecular weight is 544 g/mol. The number of aliphatic imine (C=N–C) groups is 1. The Bertz CT molecular complexity index is 1620. The number of amides is 1. The molecule has 5 rings (SSSR count). The van der Waals surface area contributed by atoms with Gasteiger partial charge in [-0.15, -0.1) is 0 Å². The Morgan fingerprint density at radius 2 is 1.62 bits per heavy atom. The molecule has 0 radical (unpaired) electrons. The number of carbonyl (C=O) groups excluding carboxylic acids is 1. The Kier molecular flexibility index (Phi) is 7.06. The lowest BCUT2D eigenvalue weighted by Gasteiger charge is -2.17. The number of aromatic nitrogens is 2. The summed E-state index contributed by atoms with van der Waals surface area (Å²) in [6.07, 6.45) is -2.62. The van der Waals surface area contributed by atoms with Gasteiger partial charge in [-0.2, -0.15) is 13.2 Å². The predicted molar refractivity (Wildman–Crippen MR) is 142 cm³/mol. The lowest BCUT2D eigenvalue weighted by molar-refractivity contribution is -0.137. The number of ether oxygens (including phenoxy) is 1. The first-order valence-electron chi connectivity index (χ1n) is 11.8. The van der Waals surface area contributed by atoms with Crippen molar-refractivity contribution in [2.45, 2.75) is 12.3 Å². The van der Waals surface area contributed by atoms with Gasteiger partial charge in [0.2, 0.25) is 12.1 Å². The van der Waals surface area contributed by atoms with Gasteiger partial charge in [0, 0.05) is 35.3 Å². The number of benzene rings is 2. The van der Waals surface area contributed by atoms with Crippen molar-refractivity contribution in [3.8, 4) is 11.1 Å². The average Bonchev–Trinajstić information content (AvgIpc) is 3.09.